The molecule has 0 bridgehead atoms. The highest BCUT2D eigenvalue weighted by Gasteiger charge is 2.24. The Kier molecular flexibility index (Phi) is 5.80. The highest BCUT2D eigenvalue weighted by molar-refractivity contribution is 5.76. The lowest BCUT2D eigenvalue weighted by Gasteiger charge is -2.32. The second-order valence-corrected chi connectivity index (χ2v) is 6.55. The van der Waals surface area contributed by atoms with Gasteiger partial charge in [-0.15, -0.1) is 0 Å². The van der Waals surface area contributed by atoms with Crippen molar-refractivity contribution in [3.05, 3.63) is 17.0 Å². The van der Waals surface area contributed by atoms with Crippen LogP contribution in [-0.2, 0) is 23.1 Å². The van der Waals surface area contributed by atoms with Crippen LogP contribution in [0, 0.1) is 19.8 Å². The van der Waals surface area contributed by atoms with Gasteiger partial charge >= 0.3 is 5.97 Å². The normalized spacial score (nSPS) is 18.2. The summed E-state index contributed by atoms with van der Waals surface area (Å²) in [7, 11) is 1.92. The molecule has 1 aliphatic heterocycles. The summed E-state index contributed by atoms with van der Waals surface area (Å²) in [4.78, 5) is 25.1. The van der Waals surface area contributed by atoms with Crippen LogP contribution in [0.1, 0.15) is 49.1 Å². The number of hydrogen-bond donors (Lipinski definition) is 1. The summed E-state index contributed by atoms with van der Waals surface area (Å²) in [5.74, 6) is -0.255. The zero-order valence-corrected chi connectivity index (χ0v) is 14.3. The van der Waals surface area contributed by atoms with Crippen molar-refractivity contribution in [3.8, 4) is 0 Å². The molecule has 1 N–H and O–H groups in total. The molecule has 23 heavy (non-hydrogen) atoms. The Morgan fingerprint density at radius 2 is 2.04 bits per heavy atom. The van der Waals surface area contributed by atoms with Gasteiger partial charge in [-0.2, -0.15) is 5.10 Å². The Morgan fingerprint density at radius 3 is 2.65 bits per heavy atom. The predicted molar refractivity (Wildman–Crippen MR) is 87.2 cm³/mol. The van der Waals surface area contributed by atoms with Crippen LogP contribution in [0.4, 0.5) is 0 Å². The number of carboxylic acid groups (broad SMARTS) is 1. The molecule has 2 rings (SSSR count). The Morgan fingerprint density at radius 1 is 1.30 bits per heavy atom. The maximum Gasteiger partial charge on any atom is 0.303 e. The molecule has 2 heterocycles. The molecule has 1 fully saturated rings. The van der Waals surface area contributed by atoms with Gasteiger partial charge in [0.25, 0.3) is 0 Å². The highest BCUT2D eigenvalue weighted by Crippen LogP contribution is 2.22. The maximum atomic E-state index is 12.5. The summed E-state index contributed by atoms with van der Waals surface area (Å²) >= 11 is 0. The molecule has 128 valence electrons. The Hall–Kier alpha value is -1.85. The average molecular weight is 321 g/mol. The highest BCUT2D eigenvalue weighted by atomic mass is 16.4. The molecule has 1 saturated heterocycles. The lowest BCUT2D eigenvalue weighted by atomic mass is 9.93. The number of aryl methyl sites for hydroxylation is 2. The predicted octanol–water partition coefficient (Wildman–Crippen LogP) is 2.07. The first kappa shape index (κ1) is 17.5. The van der Waals surface area contributed by atoms with E-state index in [1.54, 1.807) is 0 Å². The summed E-state index contributed by atoms with van der Waals surface area (Å²) in [6, 6.07) is 0. The number of aliphatic carboxylic acids is 1. The second-order valence-electron chi connectivity index (χ2n) is 6.55. The van der Waals surface area contributed by atoms with Crippen molar-refractivity contribution in [3.63, 3.8) is 0 Å². The van der Waals surface area contributed by atoms with Gasteiger partial charge in [0.1, 0.15) is 0 Å². The Bertz CT molecular complexity index is 580. The fourth-order valence-corrected chi connectivity index (χ4v) is 3.42. The van der Waals surface area contributed by atoms with Crippen LogP contribution in [0.25, 0.3) is 0 Å². The van der Waals surface area contributed by atoms with Gasteiger partial charge < -0.3 is 10.0 Å². The molecular weight excluding hydrogens is 294 g/mol. The fraction of sp³-hybridized carbons (Fsp3) is 0.706. The lowest BCUT2D eigenvalue weighted by Crippen LogP contribution is -2.40. The van der Waals surface area contributed by atoms with Crippen molar-refractivity contribution in [1.29, 1.82) is 0 Å². The van der Waals surface area contributed by atoms with Crippen molar-refractivity contribution in [1.82, 2.24) is 14.7 Å². The van der Waals surface area contributed by atoms with E-state index in [4.69, 9.17) is 5.11 Å². The Balaban J connectivity index is 1.86. The number of carbonyl (C=O) groups excluding carboxylic acids is 1. The van der Waals surface area contributed by atoms with Crippen molar-refractivity contribution in [2.24, 2.45) is 13.0 Å². The minimum atomic E-state index is -0.754. The van der Waals surface area contributed by atoms with Crippen molar-refractivity contribution >= 4 is 11.9 Å². The minimum Gasteiger partial charge on any atom is -0.481 e. The van der Waals surface area contributed by atoms with Crippen LogP contribution in [0.2, 0.25) is 0 Å². The molecule has 1 aliphatic rings. The quantitative estimate of drug-likeness (QED) is 0.870. The SMILES string of the molecule is Cc1nn(C)c(C)c1CCC(=O)N1CCCC(CCC(=O)O)C1. The van der Waals surface area contributed by atoms with E-state index < -0.39 is 5.97 Å². The van der Waals surface area contributed by atoms with E-state index in [0.29, 0.717) is 25.3 Å². The smallest absolute Gasteiger partial charge is 0.303 e. The van der Waals surface area contributed by atoms with Crippen LogP contribution in [0.15, 0.2) is 0 Å². The monoisotopic (exact) mass is 321 g/mol. The molecule has 1 aromatic heterocycles. The number of amides is 1. The van der Waals surface area contributed by atoms with Gasteiger partial charge in [-0.05, 0) is 51.0 Å². The van der Waals surface area contributed by atoms with Crippen LogP contribution in [-0.4, -0.2) is 44.8 Å². The standard InChI is InChI=1S/C17H27N3O3/c1-12-15(13(2)19(3)18-12)7-8-16(21)20-10-4-5-14(11-20)6-9-17(22)23/h14H,4-11H2,1-3H3,(H,22,23). The maximum absolute atomic E-state index is 12.5. The van der Waals surface area contributed by atoms with E-state index in [0.717, 1.165) is 37.2 Å². The lowest BCUT2D eigenvalue weighted by molar-refractivity contribution is -0.137. The van der Waals surface area contributed by atoms with Crippen LogP contribution in [0.3, 0.4) is 0 Å². The molecule has 1 atom stereocenters. The number of hydrogen-bond acceptors (Lipinski definition) is 3. The van der Waals surface area contributed by atoms with Crippen molar-refractivity contribution in [2.45, 2.75) is 52.4 Å². The molecule has 6 nitrogen and oxygen atoms in total. The third-order valence-electron chi connectivity index (χ3n) is 4.89. The van der Waals surface area contributed by atoms with E-state index in [9.17, 15) is 9.59 Å². The van der Waals surface area contributed by atoms with E-state index in [1.807, 2.05) is 30.5 Å². The molecule has 0 radical (unpaired) electrons. The summed E-state index contributed by atoms with van der Waals surface area (Å²) in [6.07, 6.45) is 4.08. The molecular formula is C17H27N3O3. The topological polar surface area (TPSA) is 75.4 Å². The summed E-state index contributed by atoms with van der Waals surface area (Å²) < 4.78 is 1.86. The van der Waals surface area contributed by atoms with Gasteiger partial charge in [0.15, 0.2) is 0 Å². The third-order valence-corrected chi connectivity index (χ3v) is 4.89. The molecule has 6 heteroatoms. The number of aromatic nitrogens is 2. The number of piperidine rings is 1. The molecule has 0 saturated carbocycles. The van der Waals surface area contributed by atoms with Crippen LogP contribution < -0.4 is 0 Å². The molecule has 0 aromatic carbocycles. The van der Waals surface area contributed by atoms with E-state index in [2.05, 4.69) is 5.10 Å². The summed E-state index contributed by atoms with van der Waals surface area (Å²) in [6.45, 7) is 5.52. The van der Waals surface area contributed by atoms with Crippen molar-refractivity contribution in [2.75, 3.05) is 13.1 Å². The fourth-order valence-electron chi connectivity index (χ4n) is 3.42. The molecule has 1 amide bonds. The van der Waals surface area contributed by atoms with E-state index in [1.165, 1.54) is 5.56 Å². The number of nitrogens with zero attached hydrogens (tertiary/aromatic N) is 3. The Labute approximate surface area is 137 Å². The molecule has 0 spiro atoms. The van der Waals surface area contributed by atoms with Crippen LogP contribution >= 0.6 is 0 Å². The number of rotatable bonds is 6. The molecule has 1 unspecified atom stereocenters. The summed E-state index contributed by atoms with van der Waals surface area (Å²) in [5, 5.41) is 13.2. The zero-order chi connectivity index (χ0) is 17.0. The largest absolute Gasteiger partial charge is 0.481 e. The van der Waals surface area contributed by atoms with E-state index >= 15 is 0 Å². The van der Waals surface area contributed by atoms with Gasteiger partial charge in [-0.25, -0.2) is 0 Å². The summed E-state index contributed by atoms with van der Waals surface area (Å²) in [5.41, 5.74) is 3.28. The van der Waals surface area contributed by atoms with Crippen molar-refractivity contribution < 1.29 is 14.7 Å². The van der Waals surface area contributed by atoms with Crippen LogP contribution in [0.5, 0.6) is 0 Å². The van der Waals surface area contributed by atoms with Gasteiger partial charge in [-0.1, -0.05) is 0 Å². The third kappa shape index (κ3) is 4.56. The zero-order valence-electron chi connectivity index (χ0n) is 14.3. The second kappa shape index (κ2) is 7.62. The van der Waals surface area contributed by atoms with Gasteiger partial charge in [0.2, 0.25) is 5.91 Å². The van der Waals surface area contributed by atoms with E-state index in [-0.39, 0.29) is 12.3 Å². The first-order chi connectivity index (χ1) is 10.9. The van der Waals surface area contributed by atoms with Gasteiger partial charge in [-0.3, -0.25) is 14.3 Å². The number of carbonyl (C=O) groups is 2. The first-order valence-electron chi connectivity index (χ1n) is 8.37. The van der Waals surface area contributed by atoms with Gasteiger partial charge in [0, 0.05) is 38.7 Å². The molecule has 1 aromatic rings. The van der Waals surface area contributed by atoms with Gasteiger partial charge in [0.05, 0.1) is 5.69 Å². The minimum absolute atomic E-state index is 0.174. The molecule has 0 aliphatic carbocycles. The number of likely N-dealkylation sites (tertiary alicyclic amines) is 1. The first-order valence-corrected chi connectivity index (χ1v) is 8.37. The average Bonchev–Trinajstić information content (AvgIpc) is 2.76. The number of carboxylic acids is 1.